The van der Waals surface area contributed by atoms with Crippen molar-refractivity contribution in [2.24, 2.45) is 0 Å². The zero-order valence-corrected chi connectivity index (χ0v) is 17.4. The largest absolute Gasteiger partial charge is 0.490 e. The average Bonchev–Trinajstić information content (AvgIpc) is 2.92. The lowest BCUT2D eigenvalue weighted by Gasteiger charge is -2.13. The fourth-order valence-electron chi connectivity index (χ4n) is 2.62. The molecule has 1 aliphatic heterocycles. The third-order valence-corrected chi connectivity index (χ3v) is 5.03. The third kappa shape index (κ3) is 5.40. The van der Waals surface area contributed by atoms with Gasteiger partial charge in [0.1, 0.15) is 12.3 Å². The van der Waals surface area contributed by atoms with Gasteiger partial charge in [-0.05, 0) is 62.0 Å². The Kier molecular flexibility index (Phi) is 6.61. The Morgan fingerprint density at radius 1 is 1.17 bits per heavy atom. The van der Waals surface area contributed by atoms with Gasteiger partial charge in [-0.15, -0.1) is 0 Å². The summed E-state index contributed by atoms with van der Waals surface area (Å²) in [4.78, 5) is 38.4. The number of thioether (sulfide) groups is 1. The van der Waals surface area contributed by atoms with Gasteiger partial charge in [-0.2, -0.15) is 0 Å². The summed E-state index contributed by atoms with van der Waals surface area (Å²) in [6.45, 7) is 3.45. The number of benzene rings is 2. The van der Waals surface area contributed by atoms with Crippen molar-refractivity contribution in [1.82, 2.24) is 4.90 Å². The summed E-state index contributed by atoms with van der Waals surface area (Å²) in [6.07, 6.45) is 1.58. The molecular formula is C21H19ClN2O4S. The SMILES string of the molecule is CC(C)Oc1ccccc1/C=C1\SC(=O)N(CC(=O)Nc2ccc(Cl)cc2)C1=O. The number of nitrogens with zero attached hydrogens (tertiary/aromatic N) is 1. The van der Waals surface area contributed by atoms with Gasteiger partial charge >= 0.3 is 0 Å². The van der Waals surface area contributed by atoms with E-state index in [4.69, 9.17) is 16.3 Å². The van der Waals surface area contributed by atoms with Crippen molar-refractivity contribution in [3.63, 3.8) is 0 Å². The molecule has 1 aliphatic rings. The van der Waals surface area contributed by atoms with E-state index < -0.39 is 17.1 Å². The van der Waals surface area contributed by atoms with Crippen LogP contribution in [0.4, 0.5) is 10.5 Å². The van der Waals surface area contributed by atoms with E-state index in [-0.39, 0.29) is 17.6 Å². The summed E-state index contributed by atoms with van der Waals surface area (Å²) in [5.74, 6) is -0.361. The van der Waals surface area contributed by atoms with Crippen LogP contribution in [0.5, 0.6) is 5.75 Å². The highest BCUT2D eigenvalue weighted by atomic mass is 35.5. The smallest absolute Gasteiger partial charge is 0.294 e. The molecule has 0 unspecified atom stereocenters. The summed E-state index contributed by atoms with van der Waals surface area (Å²) in [5, 5.41) is 2.69. The maximum Gasteiger partial charge on any atom is 0.294 e. The van der Waals surface area contributed by atoms with Crippen molar-refractivity contribution < 1.29 is 19.1 Å². The van der Waals surface area contributed by atoms with Crippen LogP contribution in [0.25, 0.3) is 6.08 Å². The summed E-state index contributed by atoms with van der Waals surface area (Å²) < 4.78 is 5.75. The normalized spacial score (nSPS) is 15.3. The maximum absolute atomic E-state index is 12.7. The van der Waals surface area contributed by atoms with Gasteiger partial charge in [0.15, 0.2) is 0 Å². The van der Waals surface area contributed by atoms with E-state index in [1.165, 1.54) is 0 Å². The summed E-state index contributed by atoms with van der Waals surface area (Å²) in [6, 6.07) is 13.8. The minimum atomic E-state index is -0.509. The second-order valence-electron chi connectivity index (χ2n) is 6.53. The van der Waals surface area contributed by atoms with Gasteiger partial charge in [0.2, 0.25) is 5.91 Å². The topological polar surface area (TPSA) is 75.7 Å². The van der Waals surface area contributed by atoms with Gasteiger partial charge in [0, 0.05) is 16.3 Å². The Bertz CT molecular complexity index is 973. The van der Waals surface area contributed by atoms with Crippen molar-refractivity contribution in [3.05, 3.63) is 64.0 Å². The Morgan fingerprint density at radius 3 is 2.55 bits per heavy atom. The van der Waals surface area contributed by atoms with Crippen LogP contribution >= 0.6 is 23.4 Å². The van der Waals surface area contributed by atoms with Crippen LogP contribution in [0.3, 0.4) is 0 Å². The predicted octanol–water partition coefficient (Wildman–Crippen LogP) is 4.80. The van der Waals surface area contributed by atoms with Gasteiger partial charge in [-0.1, -0.05) is 29.8 Å². The lowest BCUT2D eigenvalue weighted by Crippen LogP contribution is -2.36. The highest BCUT2D eigenvalue weighted by molar-refractivity contribution is 8.18. The molecule has 2 aromatic rings. The molecule has 1 fully saturated rings. The summed E-state index contributed by atoms with van der Waals surface area (Å²) >= 11 is 6.62. The van der Waals surface area contributed by atoms with Crippen LogP contribution in [-0.2, 0) is 9.59 Å². The van der Waals surface area contributed by atoms with Gasteiger partial charge in [-0.3, -0.25) is 19.3 Å². The highest BCUT2D eigenvalue weighted by Crippen LogP contribution is 2.34. The number of para-hydroxylation sites is 1. The van der Waals surface area contributed by atoms with Gasteiger partial charge in [0.25, 0.3) is 11.1 Å². The van der Waals surface area contributed by atoms with Gasteiger partial charge in [0.05, 0.1) is 11.0 Å². The zero-order valence-electron chi connectivity index (χ0n) is 15.8. The maximum atomic E-state index is 12.7. The first-order valence-electron chi connectivity index (χ1n) is 8.90. The number of halogens is 1. The number of amides is 3. The molecule has 3 amide bonds. The molecule has 1 heterocycles. The monoisotopic (exact) mass is 430 g/mol. The number of imide groups is 1. The fourth-order valence-corrected chi connectivity index (χ4v) is 3.57. The van der Waals surface area contributed by atoms with Crippen LogP contribution in [0.15, 0.2) is 53.4 Å². The molecule has 0 aromatic heterocycles. The lowest BCUT2D eigenvalue weighted by atomic mass is 10.2. The molecule has 1 N–H and O–H groups in total. The molecule has 1 saturated heterocycles. The van der Waals surface area contributed by atoms with E-state index in [2.05, 4.69) is 5.32 Å². The van der Waals surface area contributed by atoms with Crippen LogP contribution in [-0.4, -0.2) is 34.6 Å². The number of anilines is 1. The number of hydrogen-bond donors (Lipinski definition) is 1. The molecule has 0 atom stereocenters. The third-order valence-electron chi connectivity index (χ3n) is 3.87. The summed E-state index contributed by atoms with van der Waals surface area (Å²) in [7, 11) is 0. The zero-order chi connectivity index (χ0) is 21.0. The molecule has 3 rings (SSSR count). The van der Waals surface area contributed by atoms with Crippen molar-refractivity contribution in [2.75, 3.05) is 11.9 Å². The molecule has 0 spiro atoms. The highest BCUT2D eigenvalue weighted by Gasteiger charge is 2.36. The van der Waals surface area contributed by atoms with Crippen LogP contribution in [0.2, 0.25) is 5.02 Å². The molecule has 150 valence electrons. The first kappa shape index (κ1) is 21.0. The standard InChI is InChI=1S/C21H19ClN2O4S/c1-13(2)28-17-6-4-3-5-14(17)11-18-20(26)24(21(27)29-18)12-19(25)23-16-9-7-15(22)8-10-16/h3-11,13H,12H2,1-2H3,(H,23,25)/b18-11-. The molecule has 0 radical (unpaired) electrons. The number of carbonyl (C=O) groups is 3. The van der Waals surface area contributed by atoms with Crippen molar-refractivity contribution in [1.29, 1.82) is 0 Å². The first-order chi connectivity index (χ1) is 13.8. The first-order valence-corrected chi connectivity index (χ1v) is 10.1. The second-order valence-corrected chi connectivity index (χ2v) is 7.96. The molecule has 8 heteroatoms. The molecule has 29 heavy (non-hydrogen) atoms. The van der Waals surface area contributed by atoms with Gasteiger partial charge < -0.3 is 10.1 Å². The van der Waals surface area contributed by atoms with Gasteiger partial charge in [-0.25, -0.2) is 0 Å². The van der Waals surface area contributed by atoms with Crippen LogP contribution < -0.4 is 10.1 Å². The number of rotatable bonds is 6. The van der Waals surface area contributed by atoms with Crippen molar-refractivity contribution >= 4 is 52.2 Å². The average molecular weight is 431 g/mol. The summed E-state index contributed by atoms with van der Waals surface area (Å²) in [5.41, 5.74) is 1.22. The molecule has 0 saturated carbocycles. The van der Waals surface area contributed by atoms with Crippen molar-refractivity contribution in [2.45, 2.75) is 20.0 Å². The Hall–Kier alpha value is -2.77. The number of ether oxygens (including phenoxy) is 1. The number of nitrogens with one attached hydrogen (secondary N) is 1. The van der Waals surface area contributed by atoms with Crippen LogP contribution in [0.1, 0.15) is 19.4 Å². The minimum absolute atomic E-state index is 0.0313. The van der Waals surface area contributed by atoms with Crippen molar-refractivity contribution in [3.8, 4) is 5.75 Å². The van der Waals surface area contributed by atoms with E-state index in [1.54, 1.807) is 42.5 Å². The number of hydrogen-bond acceptors (Lipinski definition) is 5. The van der Waals surface area contributed by atoms with E-state index in [1.807, 2.05) is 26.0 Å². The molecular weight excluding hydrogens is 412 g/mol. The molecule has 2 aromatic carbocycles. The van der Waals surface area contributed by atoms with E-state index in [0.29, 0.717) is 22.0 Å². The molecule has 6 nitrogen and oxygen atoms in total. The minimum Gasteiger partial charge on any atom is -0.490 e. The molecule has 0 bridgehead atoms. The van der Waals surface area contributed by atoms with E-state index in [0.717, 1.165) is 16.7 Å². The Morgan fingerprint density at radius 2 is 1.86 bits per heavy atom. The van der Waals surface area contributed by atoms with Crippen LogP contribution in [0, 0.1) is 0 Å². The lowest BCUT2D eigenvalue weighted by molar-refractivity contribution is -0.127. The molecule has 0 aliphatic carbocycles. The van der Waals surface area contributed by atoms with E-state index >= 15 is 0 Å². The fraction of sp³-hybridized carbons (Fsp3) is 0.190. The van der Waals surface area contributed by atoms with E-state index in [9.17, 15) is 14.4 Å². The Balaban J connectivity index is 1.72. The number of carbonyl (C=O) groups excluding carboxylic acids is 3. The predicted molar refractivity (Wildman–Crippen MR) is 115 cm³/mol. The second kappa shape index (κ2) is 9.15. The Labute approximate surface area is 177 Å². The quantitative estimate of drug-likeness (QED) is 0.666.